The van der Waals surface area contributed by atoms with Crippen molar-refractivity contribution in [3.05, 3.63) is 35.9 Å². The van der Waals surface area contributed by atoms with Crippen LogP contribution >= 0.6 is 0 Å². The molecule has 0 radical (unpaired) electrons. The largest absolute Gasteiger partial charge is 0.213 e. The molecule has 0 saturated heterocycles. The van der Waals surface area contributed by atoms with E-state index < -0.39 is 15.6 Å². The van der Waals surface area contributed by atoms with Crippen LogP contribution in [0.3, 0.4) is 0 Å². The molecular formula is C11H17NO2S. The molecule has 0 saturated carbocycles. The lowest BCUT2D eigenvalue weighted by molar-refractivity contribution is 0.419. The van der Waals surface area contributed by atoms with E-state index in [9.17, 15) is 8.42 Å². The summed E-state index contributed by atoms with van der Waals surface area (Å²) in [6.45, 7) is 3.86. The van der Waals surface area contributed by atoms with Gasteiger partial charge in [0.05, 0.1) is 11.8 Å². The maximum Gasteiger partial charge on any atom is 0.209 e. The van der Waals surface area contributed by atoms with E-state index in [2.05, 4.69) is 4.72 Å². The van der Waals surface area contributed by atoms with E-state index in [4.69, 9.17) is 0 Å². The van der Waals surface area contributed by atoms with Gasteiger partial charge >= 0.3 is 0 Å². The Morgan fingerprint density at radius 1 is 1.27 bits per heavy atom. The molecule has 0 spiro atoms. The zero-order valence-corrected chi connectivity index (χ0v) is 10.1. The first-order chi connectivity index (χ1) is 6.87. The zero-order chi connectivity index (χ0) is 11.5. The number of hydrogen-bond acceptors (Lipinski definition) is 2. The molecule has 0 aliphatic rings. The highest BCUT2D eigenvalue weighted by Gasteiger charge is 2.27. The minimum Gasteiger partial charge on any atom is -0.213 e. The van der Waals surface area contributed by atoms with Crippen molar-refractivity contribution in [1.82, 2.24) is 4.72 Å². The molecule has 84 valence electrons. The van der Waals surface area contributed by atoms with Crippen LogP contribution in [0.2, 0.25) is 0 Å². The van der Waals surface area contributed by atoms with Gasteiger partial charge in [0.2, 0.25) is 10.0 Å². The molecule has 1 aromatic carbocycles. The summed E-state index contributed by atoms with van der Waals surface area (Å²) < 4.78 is 25.2. The normalized spacial score (nSPS) is 15.9. The van der Waals surface area contributed by atoms with Crippen LogP contribution in [0.4, 0.5) is 0 Å². The van der Waals surface area contributed by atoms with Crippen LogP contribution in [0.15, 0.2) is 30.3 Å². The minimum atomic E-state index is -3.19. The highest BCUT2D eigenvalue weighted by atomic mass is 32.2. The summed E-state index contributed by atoms with van der Waals surface area (Å²) in [6, 6.07) is 9.60. The molecule has 0 aliphatic carbocycles. The van der Waals surface area contributed by atoms with Crippen molar-refractivity contribution in [2.45, 2.75) is 25.8 Å². The second-order valence-corrected chi connectivity index (χ2v) is 5.67. The molecule has 1 rings (SSSR count). The second kappa shape index (κ2) is 4.33. The van der Waals surface area contributed by atoms with Crippen LogP contribution in [-0.2, 0) is 15.6 Å². The highest BCUT2D eigenvalue weighted by molar-refractivity contribution is 7.88. The Morgan fingerprint density at radius 3 is 2.20 bits per heavy atom. The Balaban J connectivity index is 3.06. The average Bonchev–Trinajstić information content (AvgIpc) is 2.16. The minimum absolute atomic E-state index is 0.519. The summed E-state index contributed by atoms with van der Waals surface area (Å²) in [5.74, 6) is 0. The lowest BCUT2D eigenvalue weighted by Crippen LogP contribution is -2.42. The average molecular weight is 227 g/mol. The van der Waals surface area contributed by atoms with Gasteiger partial charge in [0.1, 0.15) is 0 Å². The number of hydrogen-bond donors (Lipinski definition) is 1. The first-order valence-corrected chi connectivity index (χ1v) is 6.81. The van der Waals surface area contributed by atoms with Crippen molar-refractivity contribution in [1.29, 1.82) is 0 Å². The predicted molar refractivity (Wildman–Crippen MR) is 62.1 cm³/mol. The molecule has 4 heteroatoms. The van der Waals surface area contributed by atoms with Crippen molar-refractivity contribution >= 4 is 10.0 Å². The van der Waals surface area contributed by atoms with E-state index in [1.54, 1.807) is 0 Å². The molecule has 0 amide bonds. The van der Waals surface area contributed by atoms with Gasteiger partial charge in [0.25, 0.3) is 0 Å². The number of sulfonamides is 1. The monoisotopic (exact) mass is 227 g/mol. The summed E-state index contributed by atoms with van der Waals surface area (Å²) in [6.07, 6.45) is 1.90. The molecule has 1 atom stereocenters. The van der Waals surface area contributed by atoms with E-state index in [0.717, 1.165) is 5.56 Å². The van der Waals surface area contributed by atoms with Gasteiger partial charge in [-0.3, -0.25) is 0 Å². The smallest absolute Gasteiger partial charge is 0.209 e. The Morgan fingerprint density at radius 2 is 1.80 bits per heavy atom. The van der Waals surface area contributed by atoms with E-state index >= 15 is 0 Å². The summed E-state index contributed by atoms with van der Waals surface area (Å²) in [4.78, 5) is 0. The van der Waals surface area contributed by atoms with Crippen LogP contribution in [0.25, 0.3) is 0 Å². The van der Waals surface area contributed by atoms with E-state index in [1.165, 1.54) is 6.26 Å². The first kappa shape index (κ1) is 12.2. The van der Waals surface area contributed by atoms with Gasteiger partial charge in [-0.25, -0.2) is 13.1 Å². The third-order valence-electron chi connectivity index (χ3n) is 2.53. The van der Waals surface area contributed by atoms with Gasteiger partial charge in [-0.05, 0) is 18.9 Å². The summed E-state index contributed by atoms with van der Waals surface area (Å²) >= 11 is 0. The third-order valence-corrected chi connectivity index (χ3v) is 3.35. The summed E-state index contributed by atoms with van der Waals surface area (Å²) in [5, 5.41) is 0. The zero-order valence-electron chi connectivity index (χ0n) is 9.32. The van der Waals surface area contributed by atoms with Crippen LogP contribution in [-0.4, -0.2) is 14.7 Å². The fraction of sp³-hybridized carbons (Fsp3) is 0.455. The second-order valence-electron chi connectivity index (χ2n) is 3.93. The molecule has 0 fully saturated rings. The molecule has 0 heterocycles. The van der Waals surface area contributed by atoms with Crippen LogP contribution in [0, 0.1) is 0 Å². The Bertz CT molecular complexity index is 413. The quantitative estimate of drug-likeness (QED) is 0.853. The van der Waals surface area contributed by atoms with E-state index in [-0.39, 0.29) is 0 Å². The maximum absolute atomic E-state index is 11.3. The lowest BCUT2D eigenvalue weighted by atomic mass is 9.91. The molecule has 15 heavy (non-hydrogen) atoms. The third kappa shape index (κ3) is 3.32. The Labute approximate surface area is 91.6 Å². The number of rotatable bonds is 4. The van der Waals surface area contributed by atoms with E-state index in [0.29, 0.717) is 6.42 Å². The number of nitrogens with one attached hydrogen (secondary N) is 1. The van der Waals surface area contributed by atoms with Crippen LogP contribution in [0.1, 0.15) is 25.8 Å². The van der Waals surface area contributed by atoms with E-state index in [1.807, 2.05) is 44.2 Å². The van der Waals surface area contributed by atoms with Crippen LogP contribution in [0.5, 0.6) is 0 Å². The lowest BCUT2D eigenvalue weighted by Gasteiger charge is -2.29. The highest BCUT2D eigenvalue weighted by Crippen LogP contribution is 2.24. The first-order valence-electron chi connectivity index (χ1n) is 4.92. The predicted octanol–water partition coefficient (Wildman–Crippen LogP) is 1.86. The fourth-order valence-electron chi connectivity index (χ4n) is 1.55. The standard InChI is InChI=1S/C11H17NO2S/c1-4-11(2,12-15(3,13)14)10-8-6-5-7-9-10/h5-9,12H,4H2,1-3H3. The van der Waals surface area contributed by atoms with Gasteiger partial charge in [0, 0.05) is 0 Å². The summed E-state index contributed by atoms with van der Waals surface area (Å²) in [5.41, 5.74) is 0.465. The number of benzene rings is 1. The topological polar surface area (TPSA) is 46.2 Å². The Hall–Kier alpha value is -0.870. The Kier molecular flexibility index (Phi) is 3.52. The summed E-state index contributed by atoms with van der Waals surface area (Å²) in [7, 11) is -3.19. The van der Waals surface area contributed by atoms with Crippen molar-refractivity contribution in [2.75, 3.05) is 6.26 Å². The van der Waals surface area contributed by atoms with Gasteiger partial charge in [-0.2, -0.15) is 0 Å². The van der Waals surface area contributed by atoms with Crippen molar-refractivity contribution in [3.8, 4) is 0 Å². The molecule has 0 bridgehead atoms. The molecule has 1 N–H and O–H groups in total. The molecule has 0 aromatic heterocycles. The van der Waals surface area contributed by atoms with Gasteiger partial charge in [0.15, 0.2) is 0 Å². The van der Waals surface area contributed by atoms with Gasteiger partial charge in [-0.15, -0.1) is 0 Å². The van der Waals surface area contributed by atoms with Crippen molar-refractivity contribution < 1.29 is 8.42 Å². The fourth-order valence-corrected chi connectivity index (χ4v) is 2.63. The molecule has 1 unspecified atom stereocenters. The van der Waals surface area contributed by atoms with Gasteiger partial charge < -0.3 is 0 Å². The SMILES string of the molecule is CCC(C)(NS(C)(=O)=O)c1ccccc1. The van der Waals surface area contributed by atoms with Crippen LogP contribution < -0.4 is 4.72 Å². The molecule has 0 aliphatic heterocycles. The molecular weight excluding hydrogens is 210 g/mol. The van der Waals surface area contributed by atoms with Crippen molar-refractivity contribution in [3.63, 3.8) is 0 Å². The molecule has 3 nitrogen and oxygen atoms in total. The van der Waals surface area contributed by atoms with Crippen molar-refractivity contribution in [2.24, 2.45) is 0 Å². The maximum atomic E-state index is 11.3. The molecule has 1 aromatic rings. The van der Waals surface area contributed by atoms with Gasteiger partial charge in [-0.1, -0.05) is 37.3 Å².